The fourth-order valence-corrected chi connectivity index (χ4v) is 2.41. The van der Waals surface area contributed by atoms with Gasteiger partial charge in [0.25, 0.3) is 0 Å². The van der Waals surface area contributed by atoms with Gasteiger partial charge in [-0.05, 0) is 18.6 Å². The minimum absolute atomic E-state index is 0. The highest BCUT2D eigenvalue weighted by molar-refractivity contribution is 14.0. The summed E-state index contributed by atoms with van der Waals surface area (Å²) in [6.07, 6.45) is 4.16. The third-order valence-corrected chi connectivity index (χ3v) is 3.63. The summed E-state index contributed by atoms with van der Waals surface area (Å²) in [5.41, 5.74) is 1.01. The monoisotopic (exact) mass is 445 g/mol. The normalized spacial score (nSPS) is 15.0. The fourth-order valence-electron chi connectivity index (χ4n) is 2.41. The molecule has 1 aliphatic heterocycles. The predicted octanol–water partition coefficient (Wildman–Crippen LogP) is 0.946. The average Bonchev–Trinajstić information content (AvgIpc) is 2.57. The first kappa shape index (κ1) is 20.3. The lowest BCUT2D eigenvalue weighted by Crippen LogP contribution is -2.46. The molecule has 1 fully saturated rings. The fraction of sp³-hybridized carbons (Fsp3) is 0.500. The molecule has 1 aromatic rings. The second-order valence-corrected chi connectivity index (χ2v) is 5.29. The van der Waals surface area contributed by atoms with Crippen molar-refractivity contribution in [3.8, 4) is 0 Å². The summed E-state index contributed by atoms with van der Waals surface area (Å²) in [5.74, 6) is 0.486. The molecular formula is C16H24IN5O2. The van der Waals surface area contributed by atoms with Crippen molar-refractivity contribution in [1.82, 2.24) is 20.5 Å². The quantitative estimate of drug-likeness (QED) is 0.295. The Morgan fingerprint density at radius 1 is 1.21 bits per heavy atom. The second-order valence-electron chi connectivity index (χ2n) is 5.29. The lowest BCUT2D eigenvalue weighted by Gasteiger charge is -2.25. The Kier molecular flexibility index (Phi) is 9.28. The van der Waals surface area contributed by atoms with E-state index in [0.29, 0.717) is 44.9 Å². The Morgan fingerprint density at radius 3 is 2.54 bits per heavy atom. The van der Waals surface area contributed by atoms with Gasteiger partial charge in [-0.1, -0.05) is 6.07 Å². The number of rotatable bonds is 6. The molecule has 1 aromatic heterocycles. The van der Waals surface area contributed by atoms with Gasteiger partial charge in [0.05, 0.1) is 0 Å². The van der Waals surface area contributed by atoms with Crippen molar-refractivity contribution in [3.63, 3.8) is 0 Å². The molecule has 8 heteroatoms. The first-order chi connectivity index (χ1) is 11.2. The summed E-state index contributed by atoms with van der Waals surface area (Å²) >= 11 is 0. The molecule has 0 aromatic carbocycles. The van der Waals surface area contributed by atoms with Crippen molar-refractivity contribution >= 4 is 41.8 Å². The van der Waals surface area contributed by atoms with Gasteiger partial charge in [0, 0.05) is 57.8 Å². The molecule has 0 unspecified atom stereocenters. The Labute approximate surface area is 159 Å². The van der Waals surface area contributed by atoms with Gasteiger partial charge in [-0.3, -0.25) is 24.5 Å². The summed E-state index contributed by atoms with van der Waals surface area (Å²) in [6.45, 7) is 1.57. The number of pyridine rings is 1. The van der Waals surface area contributed by atoms with E-state index in [0.717, 1.165) is 12.1 Å². The number of aliphatic imine (C=N–C) groups is 1. The van der Waals surface area contributed by atoms with Gasteiger partial charge >= 0.3 is 0 Å². The van der Waals surface area contributed by atoms with Gasteiger partial charge in [0.2, 0.25) is 11.8 Å². The van der Waals surface area contributed by atoms with E-state index in [2.05, 4.69) is 20.6 Å². The average molecular weight is 445 g/mol. The third kappa shape index (κ3) is 6.42. The molecule has 2 heterocycles. The number of hydrogen-bond donors (Lipinski definition) is 2. The minimum atomic E-state index is -0.0823. The lowest BCUT2D eigenvalue weighted by atomic mass is 10.1. The topological polar surface area (TPSA) is 86.7 Å². The summed E-state index contributed by atoms with van der Waals surface area (Å²) < 4.78 is 0. The number of guanidine groups is 1. The maximum Gasteiger partial charge on any atom is 0.229 e. The molecule has 0 aliphatic carbocycles. The summed E-state index contributed by atoms with van der Waals surface area (Å²) in [6, 6.07) is 5.83. The van der Waals surface area contributed by atoms with Crippen LogP contribution in [0.15, 0.2) is 29.4 Å². The van der Waals surface area contributed by atoms with E-state index in [4.69, 9.17) is 0 Å². The van der Waals surface area contributed by atoms with Gasteiger partial charge in [0.15, 0.2) is 5.96 Å². The lowest BCUT2D eigenvalue weighted by molar-refractivity contribution is -0.147. The van der Waals surface area contributed by atoms with Crippen LogP contribution in [-0.2, 0) is 16.0 Å². The Morgan fingerprint density at radius 2 is 1.92 bits per heavy atom. The molecule has 1 aliphatic rings. The van der Waals surface area contributed by atoms with Crippen LogP contribution in [-0.4, -0.2) is 54.3 Å². The van der Waals surface area contributed by atoms with Crippen LogP contribution in [0.4, 0.5) is 0 Å². The number of carbonyl (C=O) groups is 2. The highest BCUT2D eigenvalue weighted by atomic mass is 127. The van der Waals surface area contributed by atoms with E-state index in [1.165, 1.54) is 4.90 Å². The first-order valence-electron chi connectivity index (χ1n) is 7.88. The molecule has 0 radical (unpaired) electrons. The van der Waals surface area contributed by atoms with Crippen LogP contribution in [0.3, 0.4) is 0 Å². The van der Waals surface area contributed by atoms with Crippen molar-refractivity contribution in [2.45, 2.75) is 25.7 Å². The zero-order valence-corrected chi connectivity index (χ0v) is 16.2. The van der Waals surface area contributed by atoms with E-state index in [1.807, 2.05) is 18.2 Å². The van der Waals surface area contributed by atoms with E-state index in [1.54, 1.807) is 13.2 Å². The minimum Gasteiger partial charge on any atom is -0.356 e. The molecule has 2 N–H and O–H groups in total. The van der Waals surface area contributed by atoms with Crippen LogP contribution in [0.2, 0.25) is 0 Å². The van der Waals surface area contributed by atoms with Crippen LogP contribution in [0.5, 0.6) is 0 Å². The highest BCUT2D eigenvalue weighted by Gasteiger charge is 2.25. The molecule has 132 valence electrons. The van der Waals surface area contributed by atoms with Crippen LogP contribution < -0.4 is 10.6 Å². The largest absolute Gasteiger partial charge is 0.356 e. The summed E-state index contributed by atoms with van der Waals surface area (Å²) in [5, 5.41) is 6.31. The number of nitrogens with one attached hydrogen (secondary N) is 2. The SMILES string of the molecule is CN=C(NCCc1ccccn1)NCCN1C(=O)CCCC1=O.I. The molecule has 1 saturated heterocycles. The Bertz CT molecular complexity index is 549. The molecule has 0 saturated carbocycles. The Hall–Kier alpha value is -1.71. The number of halogens is 1. The van der Waals surface area contributed by atoms with E-state index < -0.39 is 0 Å². The van der Waals surface area contributed by atoms with Gasteiger partial charge in [-0.2, -0.15) is 0 Å². The van der Waals surface area contributed by atoms with Crippen LogP contribution in [0.25, 0.3) is 0 Å². The molecule has 2 rings (SSSR count). The summed E-state index contributed by atoms with van der Waals surface area (Å²) in [7, 11) is 1.69. The second kappa shape index (κ2) is 11.0. The molecule has 0 spiro atoms. The van der Waals surface area contributed by atoms with E-state index in [9.17, 15) is 9.59 Å². The molecule has 0 atom stereocenters. The maximum absolute atomic E-state index is 11.7. The van der Waals surface area contributed by atoms with Gasteiger partial charge < -0.3 is 10.6 Å². The number of amides is 2. The van der Waals surface area contributed by atoms with Crippen LogP contribution in [0, 0.1) is 0 Å². The molecule has 24 heavy (non-hydrogen) atoms. The van der Waals surface area contributed by atoms with Gasteiger partial charge in [-0.15, -0.1) is 24.0 Å². The standard InChI is InChI=1S/C16H23N5O2.HI/c1-17-16(19-10-8-13-5-2-3-9-18-13)20-11-12-21-14(22)6-4-7-15(21)23;/h2-3,5,9H,4,6-8,10-12H2,1H3,(H2,17,19,20);1H. The van der Waals surface area contributed by atoms with Gasteiger partial charge in [0.1, 0.15) is 0 Å². The zero-order chi connectivity index (χ0) is 16.5. The van der Waals surface area contributed by atoms with Crippen molar-refractivity contribution in [3.05, 3.63) is 30.1 Å². The molecular weight excluding hydrogens is 421 g/mol. The number of imide groups is 1. The first-order valence-corrected chi connectivity index (χ1v) is 7.88. The molecule has 2 amide bonds. The van der Waals surface area contributed by atoms with Crippen LogP contribution in [0.1, 0.15) is 25.0 Å². The maximum atomic E-state index is 11.7. The Balaban J connectivity index is 0.00000288. The van der Waals surface area contributed by atoms with Crippen molar-refractivity contribution in [2.24, 2.45) is 4.99 Å². The number of likely N-dealkylation sites (tertiary alicyclic amines) is 1. The van der Waals surface area contributed by atoms with Crippen molar-refractivity contribution < 1.29 is 9.59 Å². The third-order valence-electron chi connectivity index (χ3n) is 3.63. The zero-order valence-electron chi connectivity index (χ0n) is 13.8. The number of carbonyl (C=O) groups excluding carboxylic acids is 2. The number of hydrogen-bond acceptors (Lipinski definition) is 4. The van der Waals surface area contributed by atoms with Crippen molar-refractivity contribution in [2.75, 3.05) is 26.7 Å². The number of aromatic nitrogens is 1. The summed E-state index contributed by atoms with van der Waals surface area (Å²) in [4.78, 5) is 33.1. The predicted molar refractivity (Wildman–Crippen MR) is 103 cm³/mol. The molecule has 7 nitrogen and oxygen atoms in total. The van der Waals surface area contributed by atoms with E-state index in [-0.39, 0.29) is 35.8 Å². The molecule has 0 bridgehead atoms. The number of piperidine rings is 1. The van der Waals surface area contributed by atoms with Gasteiger partial charge in [-0.25, -0.2) is 0 Å². The van der Waals surface area contributed by atoms with Crippen molar-refractivity contribution in [1.29, 1.82) is 0 Å². The number of nitrogens with zero attached hydrogens (tertiary/aromatic N) is 3. The smallest absolute Gasteiger partial charge is 0.229 e. The van der Waals surface area contributed by atoms with E-state index >= 15 is 0 Å². The van der Waals surface area contributed by atoms with Crippen LogP contribution >= 0.6 is 24.0 Å². The highest BCUT2D eigenvalue weighted by Crippen LogP contribution is 2.11.